The molecule has 1 atom stereocenters. The fourth-order valence-corrected chi connectivity index (χ4v) is 2.83. The minimum Gasteiger partial charge on any atom is -0.359 e. The van der Waals surface area contributed by atoms with E-state index in [0.29, 0.717) is 5.56 Å². The molecule has 1 fully saturated rings. The molecule has 0 saturated carbocycles. The molecule has 21 heavy (non-hydrogen) atoms. The maximum Gasteiger partial charge on any atom is 0.265 e. The molecule has 1 aromatic rings. The zero-order chi connectivity index (χ0) is 15.5. The van der Waals surface area contributed by atoms with E-state index in [9.17, 15) is 9.59 Å². The molecule has 6 nitrogen and oxygen atoms in total. The number of nitrogens with zero attached hydrogens (tertiary/aromatic N) is 1. The third kappa shape index (κ3) is 3.40. The predicted molar refractivity (Wildman–Crippen MR) is 80.2 cm³/mol. The second-order valence-corrected chi connectivity index (χ2v) is 5.77. The lowest BCUT2D eigenvalue weighted by molar-refractivity contribution is -0.129. The van der Waals surface area contributed by atoms with Crippen molar-refractivity contribution in [2.75, 3.05) is 20.1 Å². The Morgan fingerprint density at radius 1 is 1.43 bits per heavy atom. The zero-order valence-electron chi connectivity index (χ0n) is 12.5. The topological polar surface area (TPSA) is 87.5 Å². The smallest absolute Gasteiger partial charge is 0.265 e. The largest absolute Gasteiger partial charge is 0.359 e. The Kier molecular flexibility index (Phi) is 4.59. The molecule has 0 aromatic heterocycles. The summed E-state index contributed by atoms with van der Waals surface area (Å²) in [7, 11) is 1.67. The van der Waals surface area contributed by atoms with Crippen LogP contribution in [0.4, 0.5) is 0 Å². The molecule has 2 rings (SSSR count). The number of amides is 2. The lowest BCUT2D eigenvalue weighted by Crippen LogP contribution is -2.39. The number of carbonyl (C=O) groups excluding carboxylic acids is 2. The van der Waals surface area contributed by atoms with Crippen LogP contribution in [-0.2, 0) is 11.3 Å². The molecule has 1 saturated heterocycles. The first-order chi connectivity index (χ1) is 9.98. The third-order valence-electron chi connectivity index (χ3n) is 4.05. The number of hydrazine groups is 1. The molecule has 0 aliphatic carbocycles. The van der Waals surface area contributed by atoms with Gasteiger partial charge in [-0.1, -0.05) is 12.1 Å². The molecular formula is C15H22N4O2. The van der Waals surface area contributed by atoms with E-state index >= 15 is 0 Å². The monoisotopic (exact) mass is 290 g/mol. The number of likely N-dealkylation sites (tertiary alicyclic amines) is 1. The van der Waals surface area contributed by atoms with Gasteiger partial charge in [-0.3, -0.25) is 19.9 Å². The minimum atomic E-state index is -0.332. The molecule has 0 radical (unpaired) electrons. The summed E-state index contributed by atoms with van der Waals surface area (Å²) in [6, 6.07) is 7.37. The van der Waals surface area contributed by atoms with Crippen LogP contribution in [0.15, 0.2) is 24.3 Å². The number of carbonyl (C=O) groups is 2. The van der Waals surface area contributed by atoms with Crippen LogP contribution < -0.4 is 16.6 Å². The average Bonchev–Trinajstić information content (AvgIpc) is 2.88. The van der Waals surface area contributed by atoms with Crippen LogP contribution in [0, 0.1) is 5.41 Å². The Morgan fingerprint density at radius 3 is 2.86 bits per heavy atom. The molecule has 1 aliphatic rings. The number of rotatable bonds is 4. The predicted octanol–water partition coefficient (Wildman–Crippen LogP) is 0.248. The second-order valence-electron chi connectivity index (χ2n) is 5.77. The van der Waals surface area contributed by atoms with E-state index in [0.717, 1.165) is 31.6 Å². The summed E-state index contributed by atoms with van der Waals surface area (Å²) in [6.07, 6.45) is 0.843. The molecule has 1 aromatic carbocycles. The van der Waals surface area contributed by atoms with Crippen LogP contribution in [0.5, 0.6) is 0 Å². The highest BCUT2D eigenvalue weighted by Gasteiger charge is 2.39. The highest BCUT2D eigenvalue weighted by Crippen LogP contribution is 2.31. The van der Waals surface area contributed by atoms with Crippen LogP contribution in [0.25, 0.3) is 0 Å². The van der Waals surface area contributed by atoms with Crippen molar-refractivity contribution in [3.8, 4) is 0 Å². The SMILES string of the molecule is CNC(=O)C1(C)CCN(Cc2cccc(C(=O)NN)c2)C1. The summed E-state index contributed by atoms with van der Waals surface area (Å²) < 4.78 is 0. The summed E-state index contributed by atoms with van der Waals surface area (Å²) in [5.41, 5.74) is 3.38. The fraction of sp³-hybridized carbons (Fsp3) is 0.467. The maximum absolute atomic E-state index is 11.9. The summed E-state index contributed by atoms with van der Waals surface area (Å²) in [4.78, 5) is 25.7. The lowest BCUT2D eigenvalue weighted by Gasteiger charge is -2.22. The molecule has 4 N–H and O–H groups in total. The summed E-state index contributed by atoms with van der Waals surface area (Å²) in [5, 5.41) is 2.73. The van der Waals surface area contributed by atoms with Gasteiger partial charge in [0.1, 0.15) is 0 Å². The molecule has 1 unspecified atom stereocenters. The van der Waals surface area contributed by atoms with Crippen molar-refractivity contribution >= 4 is 11.8 Å². The van der Waals surface area contributed by atoms with Gasteiger partial charge in [0.05, 0.1) is 5.41 Å². The normalized spacial score (nSPS) is 22.0. The van der Waals surface area contributed by atoms with Crippen molar-refractivity contribution in [1.29, 1.82) is 0 Å². The van der Waals surface area contributed by atoms with Gasteiger partial charge in [-0.2, -0.15) is 0 Å². The van der Waals surface area contributed by atoms with Crippen molar-refractivity contribution < 1.29 is 9.59 Å². The van der Waals surface area contributed by atoms with Gasteiger partial charge in [0.2, 0.25) is 5.91 Å². The van der Waals surface area contributed by atoms with E-state index in [1.54, 1.807) is 13.1 Å². The Hall–Kier alpha value is -1.92. The Labute approximate surface area is 124 Å². The first-order valence-corrected chi connectivity index (χ1v) is 7.03. The maximum atomic E-state index is 11.9. The van der Waals surface area contributed by atoms with E-state index in [1.165, 1.54) is 0 Å². The van der Waals surface area contributed by atoms with Gasteiger partial charge < -0.3 is 5.32 Å². The minimum absolute atomic E-state index is 0.0845. The molecule has 0 bridgehead atoms. The van der Waals surface area contributed by atoms with Gasteiger partial charge in [-0.05, 0) is 37.6 Å². The van der Waals surface area contributed by atoms with E-state index in [2.05, 4.69) is 15.6 Å². The first-order valence-electron chi connectivity index (χ1n) is 7.03. The van der Waals surface area contributed by atoms with Crippen LogP contribution in [0.1, 0.15) is 29.3 Å². The van der Waals surface area contributed by atoms with Gasteiger partial charge in [0.15, 0.2) is 0 Å². The van der Waals surface area contributed by atoms with Gasteiger partial charge in [-0.15, -0.1) is 0 Å². The van der Waals surface area contributed by atoms with Gasteiger partial charge in [-0.25, -0.2) is 5.84 Å². The van der Waals surface area contributed by atoms with Crippen molar-refractivity contribution in [2.45, 2.75) is 19.9 Å². The highest BCUT2D eigenvalue weighted by atomic mass is 16.2. The number of nitrogens with two attached hydrogens (primary N) is 1. The van der Waals surface area contributed by atoms with Crippen molar-refractivity contribution in [3.63, 3.8) is 0 Å². The number of benzene rings is 1. The summed E-state index contributed by atoms with van der Waals surface area (Å²) in [6.45, 7) is 4.31. The number of hydrogen-bond acceptors (Lipinski definition) is 4. The number of nitrogens with one attached hydrogen (secondary N) is 2. The number of hydrogen-bond donors (Lipinski definition) is 3. The second kappa shape index (κ2) is 6.24. The highest BCUT2D eigenvalue weighted by molar-refractivity contribution is 5.93. The van der Waals surface area contributed by atoms with Crippen molar-refractivity contribution in [1.82, 2.24) is 15.6 Å². The van der Waals surface area contributed by atoms with Crippen LogP contribution in [0.3, 0.4) is 0 Å². The number of nitrogen functional groups attached to an aromatic ring is 1. The molecule has 1 heterocycles. The molecular weight excluding hydrogens is 268 g/mol. The first kappa shape index (κ1) is 15.5. The van der Waals surface area contributed by atoms with Gasteiger partial charge in [0.25, 0.3) is 5.91 Å². The molecule has 2 amide bonds. The van der Waals surface area contributed by atoms with E-state index in [1.807, 2.05) is 25.1 Å². The van der Waals surface area contributed by atoms with E-state index in [4.69, 9.17) is 5.84 Å². The van der Waals surface area contributed by atoms with Crippen molar-refractivity contribution in [2.24, 2.45) is 11.3 Å². The Morgan fingerprint density at radius 2 is 2.19 bits per heavy atom. The van der Waals surface area contributed by atoms with Gasteiger partial charge >= 0.3 is 0 Å². The van der Waals surface area contributed by atoms with Crippen molar-refractivity contribution in [3.05, 3.63) is 35.4 Å². The van der Waals surface area contributed by atoms with E-state index in [-0.39, 0.29) is 17.2 Å². The van der Waals surface area contributed by atoms with Crippen LogP contribution in [0.2, 0.25) is 0 Å². The molecule has 1 aliphatic heterocycles. The van der Waals surface area contributed by atoms with Gasteiger partial charge in [0, 0.05) is 25.7 Å². The van der Waals surface area contributed by atoms with E-state index < -0.39 is 0 Å². The zero-order valence-corrected chi connectivity index (χ0v) is 12.5. The Bertz CT molecular complexity index is 546. The molecule has 6 heteroatoms. The standard InChI is InChI=1S/C15H22N4O2/c1-15(14(21)17-2)6-7-19(10-15)9-11-4-3-5-12(8-11)13(20)18-16/h3-5,8H,6-7,9-10,16H2,1-2H3,(H,17,21)(H,18,20). The molecule has 0 spiro atoms. The quantitative estimate of drug-likeness (QED) is 0.421. The third-order valence-corrected chi connectivity index (χ3v) is 4.05. The molecule has 114 valence electrons. The van der Waals surface area contributed by atoms with Crippen LogP contribution >= 0.6 is 0 Å². The fourth-order valence-electron chi connectivity index (χ4n) is 2.83. The average molecular weight is 290 g/mol. The summed E-state index contributed by atoms with van der Waals surface area (Å²) in [5.74, 6) is 4.93. The lowest BCUT2D eigenvalue weighted by atomic mass is 9.89. The Balaban J connectivity index is 2.04. The summed E-state index contributed by atoms with van der Waals surface area (Å²) >= 11 is 0. The van der Waals surface area contributed by atoms with Crippen LogP contribution in [-0.4, -0.2) is 36.9 Å².